The number of aromatic amines is 1. The molecule has 0 aliphatic carbocycles. The summed E-state index contributed by atoms with van der Waals surface area (Å²) >= 11 is 5.92. The van der Waals surface area contributed by atoms with Crippen LogP contribution in [-0.4, -0.2) is 20.7 Å². The van der Waals surface area contributed by atoms with Gasteiger partial charge in [-0.05, 0) is 12.1 Å². The van der Waals surface area contributed by atoms with Crippen LogP contribution in [0.4, 0.5) is 0 Å². The van der Waals surface area contributed by atoms with Gasteiger partial charge in [0.2, 0.25) is 5.89 Å². The van der Waals surface area contributed by atoms with Crippen LogP contribution in [0, 0.1) is 0 Å². The molecule has 0 saturated carbocycles. The number of ether oxygens (including phenoxy) is 1. The van der Waals surface area contributed by atoms with Crippen molar-refractivity contribution in [3.05, 3.63) is 74.2 Å². The Hall–Kier alpha value is -3.13. The SMILES string of the molecule is O=C(Cn1[nH]c(=O)ccc1=O)OCc1ncc(-c2cccc(Cl)c2)o1. The van der Waals surface area contributed by atoms with Crippen molar-refractivity contribution >= 4 is 17.6 Å². The molecule has 3 rings (SSSR count). The molecule has 9 heteroatoms. The fourth-order valence-corrected chi connectivity index (χ4v) is 2.24. The molecular formula is C16H12ClN3O5. The van der Waals surface area contributed by atoms with Crippen molar-refractivity contribution in [1.82, 2.24) is 14.8 Å². The van der Waals surface area contributed by atoms with Crippen LogP contribution in [-0.2, 0) is 22.7 Å². The maximum atomic E-state index is 11.8. The number of oxazole rings is 1. The Labute approximate surface area is 145 Å². The van der Waals surface area contributed by atoms with Crippen molar-refractivity contribution in [3.63, 3.8) is 0 Å². The largest absolute Gasteiger partial charge is 0.454 e. The minimum Gasteiger partial charge on any atom is -0.454 e. The van der Waals surface area contributed by atoms with Gasteiger partial charge in [-0.2, -0.15) is 0 Å². The molecule has 0 aliphatic heterocycles. The fraction of sp³-hybridized carbons (Fsp3) is 0.125. The van der Waals surface area contributed by atoms with Gasteiger partial charge in [0.1, 0.15) is 6.54 Å². The molecule has 0 radical (unpaired) electrons. The van der Waals surface area contributed by atoms with E-state index in [0.717, 1.165) is 22.4 Å². The van der Waals surface area contributed by atoms with Crippen molar-refractivity contribution in [3.8, 4) is 11.3 Å². The minimum atomic E-state index is -0.716. The van der Waals surface area contributed by atoms with Crippen LogP contribution in [0.3, 0.4) is 0 Å². The van der Waals surface area contributed by atoms with Gasteiger partial charge in [-0.25, -0.2) is 9.67 Å². The molecule has 0 bridgehead atoms. The smallest absolute Gasteiger partial charge is 0.328 e. The van der Waals surface area contributed by atoms with Crippen LogP contribution in [0.2, 0.25) is 5.02 Å². The molecule has 0 unspecified atom stereocenters. The van der Waals surface area contributed by atoms with E-state index in [1.807, 2.05) is 0 Å². The third kappa shape index (κ3) is 4.24. The molecule has 2 heterocycles. The van der Waals surface area contributed by atoms with Crippen molar-refractivity contribution in [2.24, 2.45) is 0 Å². The van der Waals surface area contributed by atoms with Crippen LogP contribution in [0.1, 0.15) is 5.89 Å². The molecule has 1 aromatic carbocycles. The molecule has 0 amide bonds. The molecule has 0 fully saturated rings. The first-order chi connectivity index (χ1) is 12.0. The monoisotopic (exact) mass is 361 g/mol. The number of carbonyl (C=O) groups excluding carboxylic acids is 1. The molecule has 0 atom stereocenters. The summed E-state index contributed by atoms with van der Waals surface area (Å²) in [5.41, 5.74) is -0.270. The first-order valence-electron chi connectivity index (χ1n) is 7.18. The van der Waals surface area contributed by atoms with Gasteiger partial charge in [0.15, 0.2) is 12.4 Å². The van der Waals surface area contributed by atoms with E-state index in [-0.39, 0.29) is 12.5 Å². The Morgan fingerprint density at radius 1 is 1.28 bits per heavy atom. The van der Waals surface area contributed by atoms with E-state index in [0.29, 0.717) is 10.8 Å². The topological polar surface area (TPSA) is 107 Å². The number of aromatic nitrogens is 3. The van der Waals surface area contributed by atoms with Gasteiger partial charge in [-0.3, -0.25) is 19.5 Å². The first kappa shape index (κ1) is 16.7. The molecule has 3 aromatic rings. The highest BCUT2D eigenvalue weighted by atomic mass is 35.5. The van der Waals surface area contributed by atoms with Gasteiger partial charge in [0, 0.05) is 22.7 Å². The molecule has 0 aliphatic rings. The van der Waals surface area contributed by atoms with E-state index in [1.54, 1.807) is 24.3 Å². The number of hydrogen-bond acceptors (Lipinski definition) is 6. The van der Waals surface area contributed by atoms with Crippen LogP contribution >= 0.6 is 11.6 Å². The van der Waals surface area contributed by atoms with E-state index < -0.39 is 23.6 Å². The lowest BCUT2D eigenvalue weighted by Gasteiger charge is -2.04. The van der Waals surface area contributed by atoms with Gasteiger partial charge in [-0.1, -0.05) is 23.7 Å². The van der Waals surface area contributed by atoms with Gasteiger partial charge in [0.25, 0.3) is 11.1 Å². The summed E-state index contributed by atoms with van der Waals surface area (Å²) in [7, 11) is 0. The number of benzene rings is 1. The number of nitrogens with one attached hydrogen (secondary N) is 1. The summed E-state index contributed by atoms with van der Waals surface area (Å²) < 4.78 is 11.4. The molecule has 25 heavy (non-hydrogen) atoms. The summed E-state index contributed by atoms with van der Waals surface area (Å²) in [5.74, 6) is -0.0409. The zero-order chi connectivity index (χ0) is 17.8. The predicted octanol–water partition coefficient (Wildman–Crippen LogP) is 1.59. The number of halogens is 1. The molecule has 0 saturated heterocycles. The van der Waals surface area contributed by atoms with E-state index in [1.165, 1.54) is 6.20 Å². The highest BCUT2D eigenvalue weighted by Gasteiger charge is 2.11. The number of hydrogen-bond donors (Lipinski definition) is 1. The average Bonchev–Trinajstić information content (AvgIpc) is 3.05. The van der Waals surface area contributed by atoms with E-state index >= 15 is 0 Å². The maximum absolute atomic E-state index is 11.8. The normalized spacial score (nSPS) is 10.6. The van der Waals surface area contributed by atoms with Crippen LogP contribution in [0.15, 0.2) is 56.6 Å². The van der Waals surface area contributed by atoms with Crippen LogP contribution in [0.25, 0.3) is 11.3 Å². The van der Waals surface area contributed by atoms with Crippen molar-refractivity contribution in [2.75, 3.05) is 0 Å². The Morgan fingerprint density at radius 2 is 2.12 bits per heavy atom. The van der Waals surface area contributed by atoms with Gasteiger partial charge < -0.3 is 9.15 Å². The van der Waals surface area contributed by atoms with Crippen molar-refractivity contribution in [1.29, 1.82) is 0 Å². The molecule has 0 spiro atoms. The van der Waals surface area contributed by atoms with Gasteiger partial charge in [0.05, 0.1) is 6.20 Å². The number of H-pyrrole nitrogens is 1. The van der Waals surface area contributed by atoms with Crippen molar-refractivity contribution in [2.45, 2.75) is 13.2 Å². The quantitative estimate of drug-likeness (QED) is 0.691. The molecule has 128 valence electrons. The average molecular weight is 362 g/mol. The number of carbonyl (C=O) groups is 1. The summed E-state index contributed by atoms with van der Waals surface area (Å²) in [6.45, 7) is -0.623. The Balaban J connectivity index is 1.62. The third-order valence-electron chi connectivity index (χ3n) is 3.20. The summed E-state index contributed by atoms with van der Waals surface area (Å²) in [6, 6.07) is 9.18. The standard InChI is InChI=1S/C16H12ClN3O5/c17-11-3-1-2-10(6-11)12-7-18-14(25-12)9-24-16(23)8-20-15(22)5-4-13(21)19-20/h1-7H,8-9H2,(H,19,21). The summed E-state index contributed by atoms with van der Waals surface area (Å²) in [5, 5.41) is 2.79. The predicted molar refractivity (Wildman–Crippen MR) is 88.1 cm³/mol. The lowest BCUT2D eigenvalue weighted by molar-refractivity contribution is -0.146. The van der Waals surface area contributed by atoms with E-state index in [2.05, 4.69) is 10.1 Å². The highest BCUT2D eigenvalue weighted by molar-refractivity contribution is 6.30. The molecule has 8 nitrogen and oxygen atoms in total. The fourth-order valence-electron chi connectivity index (χ4n) is 2.05. The number of rotatable bonds is 5. The zero-order valence-electron chi connectivity index (χ0n) is 12.8. The van der Waals surface area contributed by atoms with E-state index in [9.17, 15) is 14.4 Å². The second-order valence-corrected chi connectivity index (χ2v) is 5.46. The van der Waals surface area contributed by atoms with Crippen LogP contribution in [0.5, 0.6) is 0 Å². The van der Waals surface area contributed by atoms with Gasteiger partial charge in [-0.15, -0.1) is 0 Å². The van der Waals surface area contributed by atoms with Gasteiger partial charge >= 0.3 is 5.97 Å². The number of esters is 1. The Bertz CT molecular complexity index is 1020. The highest BCUT2D eigenvalue weighted by Crippen LogP contribution is 2.23. The van der Waals surface area contributed by atoms with E-state index in [4.69, 9.17) is 20.8 Å². The molecule has 2 aromatic heterocycles. The zero-order valence-corrected chi connectivity index (χ0v) is 13.5. The summed E-state index contributed by atoms with van der Waals surface area (Å²) in [4.78, 5) is 38.5. The summed E-state index contributed by atoms with van der Waals surface area (Å²) in [6.07, 6.45) is 1.49. The lowest BCUT2D eigenvalue weighted by Crippen LogP contribution is -2.31. The third-order valence-corrected chi connectivity index (χ3v) is 3.43. The minimum absolute atomic E-state index is 0.192. The molecular weight excluding hydrogens is 350 g/mol. The maximum Gasteiger partial charge on any atom is 0.328 e. The van der Waals surface area contributed by atoms with Crippen LogP contribution < -0.4 is 11.1 Å². The Kier molecular flexibility index (Phi) is 4.80. The second kappa shape index (κ2) is 7.18. The second-order valence-electron chi connectivity index (χ2n) is 5.02. The molecule has 1 N–H and O–H groups in total. The first-order valence-corrected chi connectivity index (χ1v) is 7.55. The number of nitrogens with zero attached hydrogens (tertiary/aromatic N) is 2. The lowest BCUT2D eigenvalue weighted by atomic mass is 10.2. The van der Waals surface area contributed by atoms with Crippen molar-refractivity contribution < 1.29 is 13.9 Å². The Morgan fingerprint density at radius 3 is 2.92 bits per heavy atom.